The minimum Gasteiger partial charge on any atom is -0.355 e. The molecule has 12 heavy (non-hydrogen) atoms. The van der Waals surface area contributed by atoms with Crippen LogP contribution in [0.3, 0.4) is 0 Å². The second kappa shape index (κ2) is 3.73. The quantitative estimate of drug-likeness (QED) is 0.629. The van der Waals surface area contributed by atoms with Crippen molar-refractivity contribution in [2.75, 3.05) is 20.8 Å². The van der Waals surface area contributed by atoms with Crippen molar-refractivity contribution < 1.29 is 9.47 Å². The van der Waals surface area contributed by atoms with E-state index in [1.807, 2.05) is 0 Å². The lowest BCUT2D eigenvalue weighted by Crippen LogP contribution is -2.32. The molecule has 0 amide bonds. The van der Waals surface area contributed by atoms with Gasteiger partial charge in [-0.05, 0) is 11.8 Å². The van der Waals surface area contributed by atoms with Gasteiger partial charge in [0.05, 0.1) is 0 Å². The lowest BCUT2D eigenvalue weighted by Gasteiger charge is -2.14. The molecular formula is C9H19NO2. The van der Waals surface area contributed by atoms with Crippen LogP contribution in [-0.2, 0) is 9.47 Å². The van der Waals surface area contributed by atoms with Gasteiger partial charge in [0, 0.05) is 26.8 Å². The van der Waals surface area contributed by atoms with E-state index in [4.69, 9.17) is 9.47 Å². The van der Waals surface area contributed by atoms with Crippen LogP contribution in [0.25, 0.3) is 0 Å². The summed E-state index contributed by atoms with van der Waals surface area (Å²) in [6.45, 7) is 5.31. The topological polar surface area (TPSA) is 30.5 Å². The SMILES string of the molecule is COC(CNC1CC1(C)C)OC. The third kappa shape index (κ3) is 2.44. The summed E-state index contributed by atoms with van der Waals surface area (Å²) in [5.74, 6) is 0. The number of rotatable bonds is 5. The van der Waals surface area contributed by atoms with Crippen molar-refractivity contribution in [3.63, 3.8) is 0 Å². The Kier molecular flexibility index (Phi) is 3.09. The Bertz CT molecular complexity index is 141. The fraction of sp³-hybridized carbons (Fsp3) is 1.00. The standard InChI is InChI=1S/C9H19NO2/c1-9(2)5-7(9)10-6-8(11-3)12-4/h7-8,10H,5-6H2,1-4H3. The monoisotopic (exact) mass is 173 g/mol. The molecule has 0 bridgehead atoms. The third-order valence-electron chi connectivity index (χ3n) is 2.57. The summed E-state index contributed by atoms with van der Waals surface area (Å²) < 4.78 is 10.1. The molecule has 3 heteroatoms. The van der Waals surface area contributed by atoms with E-state index in [1.54, 1.807) is 14.2 Å². The molecule has 1 saturated carbocycles. The van der Waals surface area contributed by atoms with Gasteiger partial charge in [-0.2, -0.15) is 0 Å². The maximum atomic E-state index is 5.06. The van der Waals surface area contributed by atoms with Crippen LogP contribution in [0.5, 0.6) is 0 Å². The summed E-state index contributed by atoms with van der Waals surface area (Å²) in [5, 5.41) is 3.40. The van der Waals surface area contributed by atoms with Crippen LogP contribution in [0.1, 0.15) is 20.3 Å². The molecule has 1 aliphatic carbocycles. The van der Waals surface area contributed by atoms with Crippen molar-refractivity contribution in [3.05, 3.63) is 0 Å². The van der Waals surface area contributed by atoms with E-state index in [0.717, 1.165) is 6.54 Å². The molecule has 0 aromatic carbocycles. The second-order valence-electron chi connectivity index (χ2n) is 4.05. The zero-order valence-corrected chi connectivity index (χ0v) is 8.39. The van der Waals surface area contributed by atoms with Gasteiger partial charge in [0.1, 0.15) is 0 Å². The van der Waals surface area contributed by atoms with E-state index in [9.17, 15) is 0 Å². The molecule has 0 aromatic heterocycles. The van der Waals surface area contributed by atoms with Gasteiger partial charge < -0.3 is 14.8 Å². The molecule has 1 rings (SSSR count). The molecule has 1 aliphatic rings. The van der Waals surface area contributed by atoms with Crippen molar-refractivity contribution in [2.24, 2.45) is 5.41 Å². The Morgan fingerprint density at radius 2 is 1.92 bits per heavy atom. The predicted octanol–water partition coefficient (Wildman–Crippen LogP) is 0.993. The molecule has 3 nitrogen and oxygen atoms in total. The molecule has 0 heterocycles. The number of ether oxygens (including phenoxy) is 2. The van der Waals surface area contributed by atoms with Crippen molar-refractivity contribution in [1.82, 2.24) is 5.32 Å². The fourth-order valence-corrected chi connectivity index (χ4v) is 1.32. The van der Waals surface area contributed by atoms with Gasteiger partial charge in [-0.25, -0.2) is 0 Å². The number of methoxy groups -OCH3 is 2. The zero-order valence-electron chi connectivity index (χ0n) is 8.39. The number of hydrogen-bond acceptors (Lipinski definition) is 3. The fourth-order valence-electron chi connectivity index (χ4n) is 1.32. The van der Waals surface area contributed by atoms with Gasteiger partial charge in [-0.1, -0.05) is 13.8 Å². The van der Waals surface area contributed by atoms with Crippen LogP contribution in [-0.4, -0.2) is 33.1 Å². The molecule has 1 unspecified atom stereocenters. The van der Waals surface area contributed by atoms with Crippen molar-refractivity contribution in [2.45, 2.75) is 32.6 Å². The van der Waals surface area contributed by atoms with Crippen LogP contribution < -0.4 is 5.32 Å². The maximum absolute atomic E-state index is 5.06. The highest BCUT2D eigenvalue weighted by atomic mass is 16.7. The molecule has 0 radical (unpaired) electrons. The predicted molar refractivity (Wildman–Crippen MR) is 48.0 cm³/mol. The lowest BCUT2D eigenvalue weighted by atomic mass is 10.2. The zero-order chi connectivity index (χ0) is 9.19. The first-order valence-electron chi connectivity index (χ1n) is 4.39. The highest BCUT2D eigenvalue weighted by Crippen LogP contribution is 2.44. The van der Waals surface area contributed by atoms with E-state index >= 15 is 0 Å². The largest absolute Gasteiger partial charge is 0.355 e. The highest BCUT2D eigenvalue weighted by molar-refractivity contribution is 5.01. The van der Waals surface area contributed by atoms with Crippen molar-refractivity contribution in [3.8, 4) is 0 Å². The normalized spacial score (nSPS) is 26.2. The molecule has 0 saturated heterocycles. The van der Waals surface area contributed by atoms with Gasteiger partial charge in [0.2, 0.25) is 0 Å². The van der Waals surface area contributed by atoms with E-state index in [2.05, 4.69) is 19.2 Å². The Balaban J connectivity index is 2.10. The minimum absolute atomic E-state index is 0.110. The van der Waals surface area contributed by atoms with Gasteiger partial charge in [-0.3, -0.25) is 0 Å². The average molecular weight is 173 g/mol. The van der Waals surface area contributed by atoms with E-state index in [1.165, 1.54) is 6.42 Å². The van der Waals surface area contributed by atoms with E-state index < -0.39 is 0 Å². The molecule has 1 fully saturated rings. The summed E-state index contributed by atoms with van der Waals surface area (Å²) in [4.78, 5) is 0. The molecule has 0 spiro atoms. The first-order chi connectivity index (χ1) is 5.60. The van der Waals surface area contributed by atoms with Crippen LogP contribution in [0.15, 0.2) is 0 Å². The first-order valence-corrected chi connectivity index (χ1v) is 4.39. The summed E-state index contributed by atoms with van der Waals surface area (Å²) in [6.07, 6.45) is 1.15. The maximum Gasteiger partial charge on any atom is 0.169 e. The Morgan fingerprint density at radius 1 is 1.42 bits per heavy atom. The summed E-state index contributed by atoms with van der Waals surface area (Å²) in [7, 11) is 3.32. The molecule has 0 aromatic rings. The van der Waals surface area contributed by atoms with Gasteiger partial charge in [0.15, 0.2) is 6.29 Å². The average Bonchev–Trinajstić information content (AvgIpc) is 2.61. The van der Waals surface area contributed by atoms with Crippen LogP contribution >= 0.6 is 0 Å². The molecule has 1 atom stereocenters. The van der Waals surface area contributed by atoms with Gasteiger partial charge in [-0.15, -0.1) is 0 Å². The lowest BCUT2D eigenvalue weighted by molar-refractivity contribution is -0.0991. The smallest absolute Gasteiger partial charge is 0.169 e. The van der Waals surface area contributed by atoms with Crippen LogP contribution in [0.4, 0.5) is 0 Å². The van der Waals surface area contributed by atoms with Gasteiger partial charge in [0.25, 0.3) is 0 Å². The third-order valence-corrected chi connectivity index (χ3v) is 2.57. The van der Waals surface area contributed by atoms with Gasteiger partial charge >= 0.3 is 0 Å². The Hall–Kier alpha value is -0.120. The van der Waals surface area contributed by atoms with Crippen molar-refractivity contribution in [1.29, 1.82) is 0 Å². The molecular weight excluding hydrogens is 154 g/mol. The molecule has 0 aliphatic heterocycles. The summed E-state index contributed by atoms with van der Waals surface area (Å²) in [6, 6.07) is 0.644. The Morgan fingerprint density at radius 3 is 2.25 bits per heavy atom. The molecule has 1 N–H and O–H groups in total. The summed E-state index contributed by atoms with van der Waals surface area (Å²) in [5.41, 5.74) is 0.478. The summed E-state index contributed by atoms with van der Waals surface area (Å²) >= 11 is 0. The van der Waals surface area contributed by atoms with Crippen LogP contribution in [0.2, 0.25) is 0 Å². The molecule has 72 valence electrons. The first kappa shape index (κ1) is 9.96. The Labute approximate surface area is 74.4 Å². The second-order valence-corrected chi connectivity index (χ2v) is 4.05. The van der Waals surface area contributed by atoms with Crippen molar-refractivity contribution >= 4 is 0 Å². The van der Waals surface area contributed by atoms with Crippen LogP contribution in [0, 0.1) is 5.41 Å². The minimum atomic E-state index is -0.110. The highest BCUT2D eigenvalue weighted by Gasteiger charge is 2.45. The number of nitrogens with one attached hydrogen (secondary N) is 1. The number of hydrogen-bond donors (Lipinski definition) is 1. The van der Waals surface area contributed by atoms with E-state index in [-0.39, 0.29) is 6.29 Å². The van der Waals surface area contributed by atoms with E-state index in [0.29, 0.717) is 11.5 Å².